The lowest BCUT2D eigenvalue weighted by Gasteiger charge is -2.26. The first kappa shape index (κ1) is 20.3. The number of imide groups is 1. The van der Waals surface area contributed by atoms with E-state index in [4.69, 9.17) is 4.74 Å². The van der Waals surface area contributed by atoms with Crippen molar-refractivity contribution in [3.05, 3.63) is 28.8 Å². The Balaban J connectivity index is 0.000000236. The van der Waals surface area contributed by atoms with E-state index in [1.54, 1.807) is 4.90 Å². The Bertz CT molecular complexity index is 778. The van der Waals surface area contributed by atoms with Gasteiger partial charge in [0.1, 0.15) is 5.75 Å². The molecule has 0 radical (unpaired) electrons. The molecule has 3 heterocycles. The van der Waals surface area contributed by atoms with Crippen molar-refractivity contribution in [3.8, 4) is 5.75 Å². The molecule has 3 aliphatic rings. The number of carbonyl (C=O) groups excluding carboxylic acids is 3. The largest absolute Gasteiger partial charge is 0.492 e. The number of hydrogen-bond donors (Lipinski definition) is 2. The van der Waals surface area contributed by atoms with Gasteiger partial charge in [-0.05, 0) is 38.9 Å². The zero-order valence-corrected chi connectivity index (χ0v) is 16.9. The lowest BCUT2D eigenvalue weighted by atomic mass is 9.76. The first-order chi connectivity index (χ1) is 13.4. The third-order valence-electron chi connectivity index (χ3n) is 5.91. The Labute approximate surface area is 165 Å². The Morgan fingerprint density at radius 3 is 2.50 bits per heavy atom. The number of fused-ring (bicyclic) bond motifs is 3. The molecule has 28 heavy (non-hydrogen) atoms. The summed E-state index contributed by atoms with van der Waals surface area (Å²) in [6.07, 6.45) is 3.85. The highest BCUT2D eigenvalue weighted by Gasteiger charge is 2.42. The molecule has 152 valence electrons. The minimum Gasteiger partial charge on any atom is -0.492 e. The second kappa shape index (κ2) is 8.31. The fourth-order valence-corrected chi connectivity index (χ4v) is 4.10. The van der Waals surface area contributed by atoms with Crippen LogP contribution in [0.25, 0.3) is 0 Å². The summed E-state index contributed by atoms with van der Waals surface area (Å²) in [7, 11) is 3.83. The second-order valence-corrected chi connectivity index (χ2v) is 7.73. The molecule has 1 saturated heterocycles. The van der Waals surface area contributed by atoms with Crippen LogP contribution in [-0.4, -0.2) is 49.9 Å². The SMILES string of the molecule is CCC1(CCNC)COc2c1ccc1c2CN(C)C1=O.O=C1CCCC(=O)N1. The number of benzene rings is 1. The van der Waals surface area contributed by atoms with Crippen LogP contribution in [0.2, 0.25) is 0 Å². The standard InChI is InChI=1S/C16H22N2O2.C5H7NO2/c1-4-16(7-8-17-2)10-20-14-12-9-18(3)15(19)11(12)5-6-13(14)16;7-4-2-1-3-5(8)6-4/h5-6,17H,4,7-10H2,1-3H3;1-3H2,(H,6,7,8). The van der Waals surface area contributed by atoms with Crippen molar-refractivity contribution in [1.82, 2.24) is 15.5 Å². The molecule has 0 saturated carbocycles. The molecular formula is C21H29N3O4. The Morgan fingerprint density at radius 2 is 1.93 bits per heavy atom. The number of nitrogens with one attached hydrogen (secondary N) is 2. The molecular weight excluding hydrogens is 358 g/mol. The van der Waals surface area contributed by atoms with Gasteiger partial charge >= 0.3 is 0 Å². The fraction of sp³-hybridized carbons (Fsp3) is 0.571. The Kier molecular flexibility index (Phi) is 6.03. The normalized spacial score (nSPS) is 22.8. The van der Waals surface area contributed by atoms with Gasteiger partial charge in [-0.3, -0.25) is 19.7 Å². The predicted octanol–water partition coefficient (Wildman–Crippen LogP) is 1.74. The van der Waals surface area contributed by atoms with Crippen LogP contribution in [0.3, 0.4) is 0 Å². The summed E-state index contributed by atoms with van der Waals surface area (Å²) in [6, 6.07) is 4.09. The van der Waals surface area contributed by atoms with E-state index in [1.165, 1.54) is 5.56 Å². The zero-order chi connectivity index (χ0) is 20.3. The maximum atomic E-state index is 12.1. The number of amides is 3. The number of rotatable bonds is 4. The maximum absolute atomic E-state index is 12.1. The second-order valence-electron chi connectivity index (χ2n) is 7.73. The smallest absolute Gasteiger partial charge is 0.254 e. The van der Waals surface area contributed by atoms with Crippen molar-refractivity contribution < 1.29 is 19.1 Å². The van der Waals surface area contributed by atoms with E-state index in [-0.39, 0.29) is 23.1 Å². The summed E-state index contributed by atoms with van der Waals surface area (Å²) < 4.78 is 6.04. The quantitative estimate of drug-likeness (QED) is 0.769. The van der Waals surface area contributed by atoms with E-state index in [2.05, 4.69) is 23.6 Å². The molecule has 1 unspecified atom stereocenters. The van der Waals surface area contributed by atoms with Crippen LogP contribution in [0.15, 0.2) is 12.1 Å². The van der Waals surface area contributed by atoms with E-state index < -0.39 is 0 Å². The molecule has 2 N–H and O–H groups in total. The summed E-state index contributed by atoms with van der Waals surface area (Å²) in [5.41, 5.74) is 3.27. The van der Waals surface area contributed by atoms with Gasteiger partial charge in [0, 0.05) is 42.0 Å². The average Bonchev–Trinajstić information content (AvgIpc) is 3.19. The van der Waals surface area contributed by atoms with Crippen LogP contribution < -0.4 is 15.4 Å². The van der Waals surface area contributed by atoms with Gasteiger partial charge in [-0.25, -0.2) is 0 Å². The van der Waals surface area contributed by atoms with Gasteiger partial charge < -0.3 is 15.0 Å². The van der Waals surface area contributed by atoms with Gasteiger partial charge in [0.25, 0.3) is 5.91 Å². The zero-order valence-electron chi connectivity index (χ0n) is 16.9. The van der Waals surface area contributed by atoms with Crippen LogP contribution in [0.4, 0.5) is 0 Å². The average molecular weight is 387 g/mol. The predicted molar refractivity (Wildman–Crippen MR) is 105 cm³/mol. The third kappa shape index (κ3) is 3.76. The Hall–Kier alpha value is -2.41. The molecule has 1 fully saturated rings. The lowest BCUT2D eigenvalue weighted by molar-refractivity contribution is -0.132. The van der Waals surface area contributed by atoms with Crippen LogP contribution in [-0.2, 0) is 21.5 Å². The van der Waals surface area contributed by atoms with Crippen LogP contribution in [0, 0.1) is 0 Å². The van der Waals surface area contributed by atoms with E-state index in [0.29, 0.717) is 25.8 Å². The van der Waals surface area contributed by atoms with Crippen molar-refractivity contribution in [3.63, 3.8) is 0 Å². The van der Waals surface area contributed by atoms with E-state index >= 15 is 0 Å². The summed E-state index contributed by atoms with van der Waals surface area (Å²) in [4.78, 5) is 34.5. The van der Waals surface area contributed by atoms with Gasteiger partial charge in [-0.15, -0.1) is 0 Å². The number of carbonyl (C=O) groups is 3. The molecule has 0 bridgehead atoms. The first-order valence-corrected chi connectivity index (χ1v) is 9.93. The van der Waals surface area contributed by atoms with Crippen molar-refractivity contribution in [2.45, 2.75) is 51.0 Å². The maximum Gasteiger partial charge on any atom is 0.254 e. The van der Waals surface area contributed by atoms with Crippen molar-refractivity contribution in [1.29, 1.82) is 0 Å². The first-order valence-electron chi connectivity index (χ1n) is 9.93. The number of hydrogen-bond acceptors (Lipinski definition) is 5. The molecule has 1 atom stereocenters. The van der Waals surface area contributed by atoms with E-state index in [9.17, 15) is 14.4 Å². The summed E-state index contributed by atoms with van der Waals surface area (Å²) in [6.45, 7) is 4.60. The molecule has 1 aromatic carbocycles. The van der Waals surface area contributed by atoms with E-state index in [0.717, 1.165) is 42.9 Å². The summed E-state index contributed by atoms with van der Waals surface area (Å²) in [5.74, 6) is 0.802. The molecule has 0 spiro atoms. The Morgan fingerprint density at radius 1 is 1.21 bits per heavy atom. The summed E-state index contributed by atoms with van der Waals surface area (Å²) in [5, 5.41) is 5.43. The van der Waals surface area contributed by atoms with Crippen LogP contribution in [0.5, 0.6) is 5.75 Å². The summed E-state index contributed by atoms with van der Waals surface area (Å²) >= 11 is 0. The van der Waals surface area contributed by atoms with Crippen molar-refractivity contribution in [2.75, 3.05) is 27.2 Å². The number of ether oxygens (including phenoxy) is 1. The topological polar surface area (TPSA) is 87.7 Å². The van der Waals surface area contributed by atoms with Gasteiger partial charge in [0.05, 0.1) is 13.2 Å². The number of piperidine rings is 1. The molecule has 3 aliphatic heterocycles. The van der Waals surface area contributed by atoms with Crippen LogP contribution >= 0.6 is 0 Å². The van der Waals surface area contributed by atoms with Gasteiger partial charge in [0.15, 0.2) is 0 Å². The molecule has 1 aromatic rings. The third-order valence-corrected chi connectivity index (χ3v) is 5.91. The van der Waals surface area contributed by atoms with E-state index in [1.807, 2.05) is 20.2 Å². The lowest BCUT2D eigenvalue weighted by Crippen LogP contribution is -2.33. The molecule has 0 aromatic heterocycles. The minimum atomic E-state index is -0.138. The van der Waals surface area contributed by atoms with Gasteiger partial charge in [0.2, 0.25) is 11.8 Å². The minimum absolute atomic E-state index is 0.0948. The fourth-order valence-electron chi connectivity index (χ4n) is 4.10. The monoisotopic (exact) mass is 387 g/mol. The molecule has 3 amide bonds. The van der Waals surface area contributed by atoms with Crippen molar-refractivity contribution in [2.24, 2.45) is 0 Å². The molecule has 7 heteroatoms. The molecule has 0 aliphatic carbocycles. The highest BCUT2D eigenvalue weighted by molar-refractivity contribution is 5.99. The van der Waals surface area contributed by atoms with Gasteiger partial charge in [-0.1, -0.05) is 13.0 Å². The highest BCUT2D eigenvalue weighted by atomic mass is 16.5. The molecule has 7 nitrogen and oxygen atoms in total. The van der Waals surface area contributed by atoms with Gasteiger partial charge in [-0.2, -0.15) is 0 Å². The highest BCUT2D eigenvalue weighted by Crippen LogP contribution is 2.47. The van der Waals surface area contributed by atoms with Crippen LogP contribution in [0.1, 0.15) is 60.5 Å². The molecule has 4 rings (SSSR count). The number of nitrogens with zero attached hydrogens (tertiary/aromatic N) is 1. The van der Waals surface area contributed by atoms with Crippen molar-refractivity contribution >= 4 is 17.7 Å².